The van der Waals surface area contributed by atoms with Crippen LogP contribution in [0.5, 0.6) is 0 Å². The molecule has 0 saturated carbocycles. The molecular weight excluding hydrogens is 276 g/mol. The van der Waals surface area contributed by atoms with Crippen LogP contribution < -0.4 is 0 Å². The molecule has 1 N–H and O–H groups in total. The van der Waals surface area contributed by atoms with Gasteiger partial charge in [0.05, 0.1) is 27.8 Å². The molecule has 5 nitrogen and oxygen atoms in total. The molecule has 0 aliphatic carbocycles. The lowest BCUT2D eigenvalue weighted by molar-refractivity contribution is 0.483. The summed E-state index contributed by atoms with van der Waals surface area (Å²) in [6, 6.07) is 13.7. The van der Waals surface area contributed by atoms with Crippen LogP contribution in [0.4, 0.5) is 0 Å². The summed E-state index contributed by atoms with van der Waals surface area (Å²) in [4.78, 5) is 8.44. The zero-order valence-electron chi connectivity index (χ0n) is 10.3. The molecule has 0 radical (unpaired) electrons. The number of fused-ring (bicyclic) bond motifs is 1. The van der Waals surface area contributed by atoms with E-state index < -0.39 is 10.1 Å². The van der Waals surface area contributed by atoms with Gasteiger partial charge in [-0.1, -0.05) is 30.3 Å². The fourth-order valence-electron chi connectivity index (χ4n) is 1.90. The van der Waals surface area contributed by atoms with Crippen LogP contribution in [0.25, 0.3) is 22.3 Å². The molecule has 100 valence electrons. The predicted octanol–water partition coefficient (Wildman–Crippen LogP) is 2.54. The maximum Gasteiger partial charge on any atom is 0.294 e. The van der Waals surface area contributed by atoms with Crippen molar-refractivity contribution in [3.8, 4) is 11.3 Å². The van der Waals surface area contributed by atoms with Crippen molar-refractivity contribution in [2.75, 3.05) is 0 Å². The van der Waals surface area contributed by atoms with Crippen molar-refractivity contribution in [1.29, 1.82) is 0 Å². The largest absolute Gasteiger partial charge is 0.294 e. The Balaban J connectivity index is 2.14. The molecule has 0 amide bonds. The summed E-state index contributed by atoms with van der Waals surface area (Å²) in [6.07, 6.45) is 1.57. The van der Waals surface area contributed by atoms with Gasteiger partial charge in [0.1, 0.15) is 0 Å². The van der Waals surface area contributed by atoms with Crippen LogP contribution in [0, 0.1) is 0 Å². The van der Waals surface area contributed by atoms with Crippen molar-refractivity contribution in [2.45, 2.75) is 4.90 Å². The number of nitrogens with zero attached hydrogens (tertiary/aromatic N) is 2. The van der Waals surface area contributed by atoms with E-state index in [-0.39, 0.29) is 4.90 Å². The highest BCUT2D eigenvalue weighted by Gasteiger charge is 2.11. The molecule has 0 unspecified atom stereocenters. The molecular formula is C14H10N2O3S. The van der Waals surface area contributed by atoms with Gasteiger partial charge in [-0.05, 0) is 18.2 Å². The second-order valence-electron chi connectivity index (χ2n) is 4.25. The Morgan fingerprint density at radius 3 is 2.40 bits per heavy atom. The highest BCUT2D eigenvalue weighted by atomic mass is 32.2. The maximum absolute atomic E-state index is 11.1. The second-order valence-corrected chi connectivity index (χ2v) is 5.67. The number of hydrogen-bond donors (Lipinski definition) is 1. The smallest absolute Gasteiger partial charge is 0.282 e. The normalized spacial score (nSPS) is 11.7. The number of benzene rings is 2. The quantitative estimate of drug-likeness (QED) is 0.732. The average molecular weight is 286 g/mol. The molecule has 2 aromatic carbocycles. The maximum atomic E-state index is 11.1. The van der Waals surface area contributed by atoms with Crippen molar-refractivity contribution in [2.24, 2.45) is 0 Å². The van der Waals surface area contributed by atoms with Gasteiger partial charge in [-0.25, -0.2) is 4.98 Å². The zero-order chi connectivity index (χ0) is 14.2. The monoisotopic (exact) mass is 286 g/mol. The summed E-state index contributed by atoms with van der Waals surface area (Å²) < 4.78 is 31.1. The molecule has 0 aliphatic rings. The molecule has 0 fully saturated rings. The van der Waals surface area contributed by atoms with Gasteiger partial charge in [-0.15, -0.1) is 0 Å². The van der Waals surface area contributed by atoms with Gasteiger partial charge in [0.15, 0.2) is 0 Å². The van der Waals surface area contributed by atoms with Crippen molar-refractivity contribution >= 4 is 21.2 Å². The minimum Gasteiger partial charge on any atom is -0.282 e. The Hall–Kier alpha value is -2.31. The number of rotatable bonds is 2. The molecule has 20 heavy (non-hydrogen) atoms. The fraction of sp³-hybridized carbons (Fsp3) is 0. The van der Waals surface area contributed by atoms with E-state index in [4.69, 9.17) is 4.55 Å². The van der Waals surface area contributed by atoms with Crippen LogP contribution in [-0.4, -0.2) is 22.9 Å². The van der Waals surface area contributed by atoms with E-state index >= 15 is 0 Å². The summed E-state index contributed by atoms with van der Waals surface area (Å²) in [5.41, 5.74) is 2.62. The van der Waals surface area contributed by atoms with Gasteiger partial charge >= 0.3 is 0 Å². The summed E-state index contributed by atoms with van der Waals surface area (Å²) in [5, 5.41) is 0. The topological polar surface area (TPSA) is 80.2 Å². The van der Waals surface area contributed by atoms with E-state index in [9.17, 15) is 8.42 Å². The molecule has 0 bridgehead atoms. The summed E-state index contributed by atoms with van der Waals surface area (Å²) in [5.74, 6) is 0. The van der Waals surface area contributed by atoms with Crippen molar-refractivity contribution in [3.63, 3.8) is 0 Å². The third kappa shape index (κ3) is 2.38. The SMILES string of the molecule is O=S(=O)(O)c1ccc2nc(-c3ccccc3)cnc2c1. The van der Waals surface area contributed by atoms with E-state index in [1.165, 1.54) is 18.2 Å². The molecule has 0 atom stereocenters. The van der Waals surface area contributed by atoms with E-state index in [1.807, 2.05) is 30.3 Å². The Kier molecular flexibility index (Phi) is 2.96. The Bertz CT molecular complexity index is 877. The molecule has 1 heterocycles. The van der Waals surface area contributed by atoms with Gasteiger partial charge in [0.25, 0.3) is 10.1 Å². The summed E-state index contributed by atoms with van der Waals surface area (Å²) in [7, 11) is -4.22. The molecule has 3 rings (SSSR count). The van der Waals surface area contributed by atoms with E-state index in [2.05, 4.69) is 9.97 Å². The van der Waals surface area contributed by atoms with Gasteiger partial charge in [0, 0.05) is 5.56 Å². The molecule has 0 aliphatic heterocycles. The Labute approximate surface area is 115 Å². The average Bonchev–Trinajstić information content (AvgIpc) is 2.46. The van der Waals surface area contributed by atoms with Crippen LogP contribution in [0.1, 0.15) is 0 Å². The summed E-state index contributed by atoms with van der Waals surface area (Å²) >= 11 is 0. The van der Waals surface area contributed by atoms with Crippen LogP contribution >= 0.6 is 0 Å². The lowest BCUT2D eigenvalue weighted by Crippen LogP contribution is -1.98. The third-order valence-electron chi connectivity index (χ3n) is 2.88. The fourth-order valence-corrected chi connectivity index (χ4v) is 2.40. The number of hydrogen-bond acceptors (Lipinski definition) is 4. The third-order valence-corrected chi connectivity index (χ3v) is 3.73. The Morgan fingerprint density at radius 1 is 0.950 bits per heavy atom. The first kappa shape index (κ1) is 12.7. The molecule has 0 saturated heterocycles. The van der Waals surface area contributed by atoms with Crippen LogP contribution in [0.15, 0.2) is 59.6 Å². The van der Waals surface area contributed by atoms with Gasteiger partial charge in [-0.3, -0.25) is 9.54 Å². The molecule has 1 aromatic heterocycles. The van der Waals surface area contributed by atoms with Gasteiger partial charge in [0.2, 0.25) is 0 Å². The van der Waals surface area contributed by atoms with Crippen molar-refractivity contribution in [1.82, 2.24) is 9.97 Å². The van der Waals surface area contributed by atoms with Crippen molar-refractivity contribution < 1.29 is 13.0 Å². The first-order valence-electron chi connectivity index (χ1n) is 5.84. The highest BCUT2D eigenvalue weighted by molar-refractivity contribution is 7.85. The van der Waals surface area contributed by atoms with E-state index in [0.29, 0.717) is 16.7 Å². The Morgan fingerprint density at radius 2 is 1.70 bits per heavy atom. The second kappa shape index (κ2) is 4.66. The molecule has 6 heteroatoms. The number of aromatic nitrogens is 2. The highest BCUT2D eigenvalue weighted by Crippen LogP contribution is 2.20. The van der Waals surface area contributed by atoms with Crippen LogP contribution in [-0.2, 0) is 10.1 Å². The van der Waals surface area contributed by atoms with Crippen LogP contribution in [0.2, 0.25) is 0 Å². The van der Waals surface area contributed by atoms with E-state index in [1.54, 1.807) is 6.20 Å². The minimum absolute atomic E-state index is 0.188. The minimum atomic E-state index is -4.22. The standard InChI is InChI=1S/C14H10N2O3S/c17-20(18,19)11-6-7-12-13(8-11)15-9-14(16-12)10-4-2-1-3-5-10/h1-9H,(H,17,18,19). The first-order chi connectivity index (χ1) is 9.54. The van der Waals surface area contributed by atoms with Crippen molar-refractivity contribution in [3.05, 3.63) is 54.7 Å². The molecule has 3 aromatic rings. The van der Waals surface area contributed by atoms with Gasteiger partial charge in [-0.2, -0.15) is 8.42 Å². The molecule has 0 spiro atoms. The summed E-state index contributed by atoms with van der Waals surface area (Å²) in [6.45, 7) is 0. The lowest BCUT2D eigenvalue weighted by atomic mass is 10.1. The lowest BCUT2D eigenvalue weighted by Gasteiger charge is -2.03. The van der Waals surface area contributed by atoms with E-state index in [0.717, 1.165) is 5.56 Å². The van der Waals surface area contributed by atoms with Gasteiger partial charge < -0.3 is 0 Å². The zero-order valence-corrected chi connectivity index (χ0v) is 11.1. The predicted molar refractivity (Wildman–Crippen MR) is 74.8 cm³/mol. The van der Waals surface area contributed by atoms with Crippen LogP contribution in [0.3, 0.4) is 0 Å². The first-order valence-corrected chi connectivity index (χ1v) is 7.28.